The molecule has 0 bridgehead atoms. The molecule has 1 saturated heterocycles. The fraction of sp³-hybridized carbons (Fsp3) is 0.316. The summed E-state index contributed by atoms with van der Waals surface area (Å²) in [7, 11) is 0. The number of anilines is 2. The molecule has 2 aromatic rings. The van der Waals surface area contributed by atoms with Crippen molar-refractivity contribution in [2.45, 2.75) is 13.0 Å². The number of halogens is 1. The number of thiophene rings is 1. The molecule has 1 N–H and O–H groups in total. The molecule has 1 fully saturated rings. The lowest BCUT2D eigenvalue weighted by Crippen LogP contribution is -2.34. The zero-order chi connectivity index (χ0) is 19.7. The molecule has 1 atom stereocenters. The Kier molecular flexibility index (Phi) is 5.36. The molecule has 0 aliphatic carbocycles. The van der Waals surface area contributed by atoms with Crippen LogP contribution >= 0.6 is 27.3 Å². The Bertz CT molecular complexity index is 928. The first-order valence-electron chi connectivity index (χ1n) is 8.91. The molecule has 0 spiro atoms. The van der Waals surface area contributed by atoms with Gasteiger partial charge in [0.05, 0.1) is 28.3 Å². The van der Waals surface area contributed by atoms with Crippen molar-refractivity contribution >= 4 is 56.5 Å². The van der Waals surface area contributed by atoms with Crippen LogP contribution in [-0.2, 0) is 4.74 Å². The van der Waals surface area contributed by atoms with Gasteiger partial charge in [0.1, 0.15) is 11.9 Å². The van der Waals surface area contributed by atoms with E-state index in [1.165, 1.54) is 11.3 Å². The van der Waals surface area contributed by atoms with E-state index >= 15 is 0 Å². The van der Waals surface area contributed by atoms with Gasteiger partial charge >= 0.3 is 6.09 Å². The van der Waals surface area contributed by atoms with Crippen molar-refractivity contribution in [3.63, 3.8) is 0 Å². The Labute approximate surface area is 175 Å². The van der Waals surface area contributed by atoms with Crippen LogP contribution in [0.25, 0.3) is 0 Å². The Morgan fingerprint density at radius 1 is 1.25 bits per heavy atom. The van der Waals surface area contributed by atoms with Gasteiger partial charge in [-0.2, -0.15) is 0 Å². The average molecular weight is 463 g/mol. The maximum atomic E-state index is 12.3. The minimum atomic E-state index is -0.398. The number of amides is 2. The van der Waals surface area contributed by atoms with Crippen molar-refractivity contribution in [3.05, 3.63) is 45.1 Å². The van der Waals surface area contributed by atoms with Gasteiger partial charge in [-0.3, -0.25) is 14.7 Å². The molecule has 1 aromatic heterocycles. The SMILES string of the molecule is CC1=NCCN1c1ccc(N2C[C@H](CNC(=O)c3ccc(Br)s3)OC2=O)cc1. The van der Waals surface area contributed by atoms with Crippen LogP contribution in [0.3, 0.4) is 0 Å². The van der Waals surface area contributed by atoms with Crippen molar-refractivity contribution in [2.75, 3.05) is 36.0 Å². The van der Waals surface area contributed by atoms with Crippen LogP contribution in [0, 0.1) is 0 Å². The topological polar surface area (TPSA) is 74.2 Å². The molecule has 1 aromatic carbocycles. The molecular weight excluding hydrogens is 444 g/mol. The van der Waals surface area contributed by atoms with Crippen molar-refractivity contribution in [2.24, 2.45) is 4.99 Å². The molecule has 28 heavy (non-hydrogen) atoms. The van der Waals surface area contributed by atoms with Crippen LogP contribution in [0.15, 0.2) is 45.2 Å². The summed E-state index contributed by atoms with van der Waals surface area (Å²) in [6.45, 7) is 4.35. The summed E-state index contributed by atoms with van der Waals surface area (Å²) >= 11 is 4.70. The molecule has 146 valence electrons. The van der Waals surface area contributed by atoms with Gasteiger partial charge in [-0.05, 0) is 59.3 Å². The average Bonchev–Trinajstić information content (AvgIpc) is 3.40. The van der Waals surface area contributed by atoms with Gasteiger partial charge in [0.15, 0.2) is 0 Å². The van der Waals surface area contributed by atoms with Crippen LogP contribution in [0.1, 0.15) is 16.6 Å². The number of cyclic esters (lactones) is 1. The molecule has 4 rings (SSSR count). The highest BCUT2D eigenvalue weighted by Gasteiger charge is 2.32. The van der Waals surface area contributed by atoms with E-state index < -0.39 is 6.09 Å². The Morgan fingerprint density at radius 2 is 1.96 bits per heavy atom. The molecule has 3 heterocycles. The Balaban J connectivity index is 1.35. The van der Waals surface area contributed by atoms with Crippen molar-refractivity contribution < 1.29 is 14.3 Å². The number of hydrogen-bond acceptors (Lipinski definition) is 6. The number of nitrogens with one attached hydrogen (secondary N) is 1. The van der Waals surface area contributed by atoms with E-state index in [1.54, 1.807) is 11.0 Å². The summed E-state index contributed by atoms with van der Waals surface area (Å²) in [4.78, 5) is 33.1. The highest BCUT2D eigenvalue weighted by molar-refractivity contribution is 9.11. The van der Waals surface area contributed by atoms with Crippen molar-refractivity contribution in [1.82, 2.24) is 5.32 Å². The van der Waals surface area contributed by atoms with E-state index in [0.29, 0.717) is 11.4 Å². The summed E-state index contributed by atoms with van der Waals surface area (Å²) in [5.74, 6) is 0.833. The number of rotatable bonds is 5. The van der Waals surface area contributed by atoms with E-state index in [2.05, 4.69) is 31.1 Å². The van der Waals surface area contributed by atoms with Gasteiger partial charge in [-0.1, -0.05) is 0 Å². The number of hydrogen-bond donors (Lipinski definition) is 1. The maximum absolute atomic E-state index is 12.3. The number of ether oxygens (including phenoxy) is 1. The normalized spacial score (nSPS) is 19.0. The van der Waals surface area contributed by atoms with Crippen LogP contribution in [0.2, 0.25) is 0 Å². The second-order valence-electron chi connectivity index (χ2n) is 6.53. The summed E-state index contributed by atoms with van der Waals surface area (Å²) in [6.07, 6.45) is -0.780. The fourth-order valence-electron chi connectivity index (χ4n) is 3.26. The van der Waals surface area contributed by atoms with E-state index in [-0.39, 0.29) is 18.6 Å². The maximum Gasteiger partial charge on any atom is 0.414 e. The third-order valence-corrected chi connectivity index (χ3v) is 6.31. The van der Waals surface area contributed by atoms with E-state index in [9.17, 15) is 9.59 Å². The molecule has 0 saturated carbocycles. The number of amidine groups is 1. The number of benzene rings is 1. The van der Waals surface area contributed by atoms with Gasteiger partial charge in [0.25, 0.3) is 5.91 Å². The van der Waals surface area contributed by atoms with Crippen LogP contribution in [0.5, 0.6) is 0 Å². The predicted octanol–water partition coefficient (Wildman–Crippen LogP) is 3.50. The number of carbonyl (C=O) groups excluding carboxylic acids is 2. The van der Waals surface area contributed by atoms with Gasteiger partial charge < -0.3 is 15.0 Å². The lowest BCUT2D eigenvalue weighted by Gasteiger charge is -2.20. The molecule has 9 heteroatoms. The second-order valence-corrected chi connectivity index (χ2v) is 8.99. The minimum Gasteiger partial charge on any atom is -0.442 e. The molecule has 7 nitrogen and oxygen atoms in total. The minimum absolute atomic E-state index is 0.169. The van der Waals surface area contributed by atoms with E-state index in [1.807, 2.05) is 37.3 Å². The largest absolute Gasteiger partial charge is 0.442 e. The van der Waals surface area contributed by atoms with Gasteiger partial charge in [-0.25, -0.2) is 4.79 Å². The zero-order valence-corrected chi connectivity index (χ0v) is 17.6. The first kappa shape index (κ1) is 18.9. The van der Waals surface area contributed by atoms with Crippen LogP contribution in [0.4, 0.5) is 16.2 Å². The summed E-state index contributed by atoms with van der Waals surface area (Å²) in [6, 6.07) is 11.4. The van der Waals surface area contributed by atoms with Gasteiger partial charge in [-0.15, -0.1) is 11.3 Å². The number of carbonyl (C=O) groups is 2. The summed E-state index contributed by atoms with van der Waals surface area (Å²) in [5.41, 5.74) is 1.83. The third kappa shape index (κ3) is 3.90. The summed E-state index contributed by atoms with van der Waals surface area (Å²) < 4.78 is 6.30. The zero-order valence-electron chi connectivity index (χ0n) is 15.2. The predicted molar refractivity (Wildman–Crippen MR) is 114 cm³/mol. The lowest BCUT2D eigenvalue weighted by atomic mass is 10.2. The summed E-state index contributed by atoms with van der Waals surface area (Å²) in [5, 5.41) is 2.82. The standard InChI is InChI=1S/C19H19BrN4O3S/c1-12-21-8-9-23(12)13-2-4-14(5-3-13)24-11-15(27-19(24)26)10-22-18(25)16-6-7-17(20)28-16/h2-7,15H,8-11H2,1H3,(H,22,25)/t15-/m0/s1. The van der Waals surface area contributed by atoms with Crippen molar-refractivity contribution in [3.8, 4) is 0 Å². The Morgan fingerprint density at radius 3 is 2.57 bits per heavy atom. The molecule has 2 aliphatic rings. The highest BCUT2D eigenvalue weighted by Crippen LogP contribution is 2.26. The van der Waals surface area contributed by atoms with Gasteiger partial charge in [0, 0.05) is 17.9 Å². The van der Waals surface area contributed by atoms with Crippen molar-refractivity contribution in [1.29, 1.82) is 0 Å². The lowest BCUT2D eigenvalue weighted by molar-refractivity contribution is 0.0920. The number of aliphatic imine (C=N–C) groups is 1. The van der Waals surface area contributed by atoms with Gasteiger partial charge in [0.2, 0.25) is 0 Å². The van der Waals surface area contributed by atoms with Crippen LogP contribution < -0.4 is 15.1 Å². The first-order valence-corrected chi connectivity index (χ1v) is 10.5. The molecule has 0 radical (unpaired) electrons. The monoisotopic (exact) mass is 462 g/mol. The molecule has 2 aliphatic heterocycles. The molecule has 0 unspecified atom stereocenters. The van der Waals surface area contributed by atoms with E-state index in [4.69, 9.17) is 4.74 Å². The quantitative estimate of drug-likeness (QED) is 0.737. The fourth-order valence-corrected chi connectivity index (χ4v) is 4.56. The second kappa shape index (κ2) is 7.92. The third-order valence-electron chi connectivity index (χ3n) is 4.69. The van der Waals surface area contributed by atoms with Crippen LogP contribution in [-0.4, -0.2) is 50.1 Å². The Hall–Kier alpha value is -2.39. The highest BCUT2D eigenvalue weighted by atomic mass is 79.9. The first-order chi connectivity index (χ1) is 13.5. The molecule has 2 amide bonds. The smallest absolute Gasteiger partial charge is 0.414 e. The number of nitrogens with zero attached hydrogens (tertiary/aromatic N) is 3. The van der Waals surface area contributed by atoms with E-state index in [0.717, 1.165) is 34.1 Å². The molecular formula is C19H19BrN4O3S.